The van der Waals surface area contributed by atoms with E-state index in [2.05, 4.69) is 20.0 Å². The van der Waals surface area contributed by atoms with Crippen molar-refractivity contribution in [3.8, 4) is 39.9 Å². The van der Waals surface area contributed by atoms with Crippen LogP contribution < -0.4 is 19.8 Å². The van der Waals surface area contributed by atoms with Gasteiger partial charge in [0.1, 0.15) is 17.8 Å². The number of benzene rings is 2. The molecular formula is C23H14F3N5O5. The van der Waals surface area contributed by atoms with E-state index in [1.807, 2.05) is 6.07 Å². The minimum atomic E-state index is -4.78. The Morgan fingerprint density at radius 1 is 0.972 bits per heavy atom. The predicted molar refractivity (Wildman–Crippen MR) is 117 cm³/mol. The Hall–Kier alpha value is -4.81. The number of hydrogen-bond acceptors (Lipinski definition) is 8. The first-order valence-corrected chi connectivity index (χ1v) is 10.5. The molecule has 10 nitrogen and oxygen atoms in total. The van der Waals surface area contributed by atoms with E-state index in [-0.39, 0.29) is 36.4 Å². The molecule has 0 unspecified atom stereocenters. The number of ether oxygens (including phenoxy) is 3. The minimum Gasteiger partial charge on any atom is -0.454 e. The number of rotatable bonds is 5. The van der Waals surface area contributed by atoms with Crippen molar-refractivity contribution in [2.45, 2.75) is 12.9 Å². The molecular weight excluding hydrogens is 483 g/mol. The first-order valence-electron chi connectivity index (χ1n) is 10.5. The van der Waals surface area contributed by atoms with Gasteiger partial charge in [-0.2, -0.15) is 10.1 Å². The number of nitrogens with zero attached hydrogens (tertiary/aromatic N) is 5. The molecule has 0 saturated heterocycles. The lowest BCUT2D eigenvalue weighted by Crippen LogP contribution is -2.21. The third-order valence-electron chi connectivity index (χ3n) is 5.39. The van der Waals surface area contributed by atoms with Crippen LogP contribution in [0.25, 0.3) is 28.2 Å². The lowest BCUT2D eigenvalue weighted by molar-refractivity contribution is -0.274. The topological polar surface area (TPSA) is 106 Å². The zero-order valence-corrected chi connectivity index (χ0v) is 18.1. The summed E-state index contributed by atoms with van der Waals surface area (Å²) in [6, 6.07) is 12.1. The van der Waals surface area contributed by atoms with Gasteiger partial charge in [0.15, 0.2) is 11.5 Å². The first-order chi connectivity index (χ1) is 17.3. The van der Waals surface area contributed by atoms with E-state index in [0.717, 1.165) is 17.7 Å². The standard InChI is InChI=1S/C23H14F3N5O5/c24-23(25,26)35-15-4-1-13(2-5-15)21-27-20(36-29-21)11-30-7-8-31-17(22(30)32)10-16(28-31)14-3-6-18-19(9-14)34-12-33-18/h1-10H,11-12H2. The van der Waals surface area contributed by atoms with Gasteiger partial charge in [-0.3, -0.25) is 4.79 Å². The van der Waals surface area contributed by atoms with Crippen molar-refractivity contribution in [3.63, 3.8) is 0 Å². The highest BCUT2D eigenvalue weighted by atomic mass is 19.4. The second-order valence-corrected chi connectivity index (χ2v) is 7.74. The summed E-state index contributed by atoms with van der Waals surface area (Å²) in [5, 5.41) is 8.31. The molecule has 0 bridgehead atoms. The minimum absolute atomic E-state index is 0.0118. The average Bonchev–Trinajstić information content (AvgIpc) is 3.59. The van der Waals surface area contributed by atoms with Crippen molar-refractivity contribution < 1.29 is 31.9 Å². The van der Waals surface area contributed by atoms with Gasteiger partial charge < -0.3 is 23.3 Å². The zero-order valence-electron chi connectivity index (χ0n) is 18.1. The van der Waals surface area contributed by atoms with E-state index >= 15 is 0 Å². The first kappa shape index (κ1) is 21.7. The lowest BCUT2D eigenvalue weighted by Gasteiger charge is -2.08. The molecule has 0 aliphatic carbocycles. The van der Waals surface area contributed by atoms with Crippen LogP contribution in [-0.4, -0.2) is 37.5 Å². The predicted octanol–water partition coefficient (Wildman–Crippen LogP) is 3.89. The largest absolute Gasteiger partial charge is 0.573 e. The molecule has 1 aliphatic rings. The molecule has 0 spiro atoms. The highest BCUT2D eigenvalue weighted by molar-refractivity contribution is 5.68. The fourth-order valence-corrected chi connectivity index (χ4v) is 3.74. The summed E-state index contributed by atoms with van der Waals surface area (Å²) < 4.78 is 59.7. The third-order valence-corrected chi connectivity index (χ3v) is 5.39. The van der Waals surface area contributed by atoms with Gasteiger partial charge in [-0.25, -0.2) is 4.52 Å². The SMILES string of the molecule is O=c1c2cc(-c3ccc4c(c3)OCO4)nn2ccn1Cc1nc(-c2ccc(OC(F)(F)F)cc2)no1. The maximum absolute atomic E-state index is 13.1. The van der Waals surface area contributed by atoms with Crippen molar-refractivity contribution in [3.05, 3.63) is 77.2 Å². The summed E-state index contributed by atoms with van der Waals surface area (Å²) in [7, 11) is 0. The van der Waals surface area contributed by atoms with E-state index in [9.17, 15) is 18.0 Å². The number of halogens is 3. The molecule has 3 aromatic heterocycles. The molecule has 0 N–H and O–H groups in total. The number of aromatic nitrogens is 5. The maximum Gasteiger partial charge on any atom is 0.573 e. The Balaban J connectivity index is 1.23. The fourth-order valence-electron chi connectivity index (χ4n) is 3.74. The molecule has 0 fully saturated rings. The highest BCUT2D eigenvalue weighted by Gasteiger charge is 2.31. The second-order valence-electron chi connectivity index (χ2n) is 7.74. The van der Waals surface area contributed by atoms with Crippen molar-refractivity contribution in [2.24, 2.45) is 0 Å². The third kappa shape index (κ3) is 4.10. The van der Waals surface area contributed by atoms with Crippen LogP contribution in [-0.2, 0) is 6.54 Å². The zero-order chi connectivity index (χ0) is 24.9. The van der Waals surface area contributed by atoms with Crippen molar-refractivity contribution in [2.75, 3.05) is 6.79 Å². The van der Waals surface area contributed by atoms with Crippen LogP contribution in [0.1, 0.15) is 5.89 Å². The average molecular weight is 497 g/mol. The van der Waals surface area contributed by atoms with Crippen LogP contribution in [0.5, 0.6) is 17.2 Å². The molecule has 6 rings (SSSR count). The monoisotopic (exact) mass is 497 g/mol. The molecule has 5 aromatic rings. The second kappa shape index (κ2) is 8.15. The summed E-state index contributed by atoms with van der Waals surface area (Å²) >= 11 is 0. The van der Waals surface area contributed by atoms with Crippen molar-refractivity contribution >= 4 is 5.52 Å². The lowest BCUT2D eigenvalue weighted by atomic mass is 10.1. The van der Waals surface area contributed by atoms with E-state index < -0.39 is 6.36 Å². The quantitative estimate of drug-likeness (QED) is 0.360. The van der Waals surface area contributed by atoms with Crippen LogP contribution in [0.4, 0.5) is 13.2 Å². The van der Waals surface area contributed by atoms with E-state index in [1.165, 1.54) is 21.2 Å². The normalized spacial score (nSPS) is 12.9. The molecule has 0 saturated carbocycles. The number of alkyl halides is 3. The van der Waals surface area contributed by atoms with Gasteiger partial charge in [0.2, 0.25) is 18.5 Å². The number of fused-ring (bicyclic) bond motifs is 2. The summed E-state index contributed by atoms with van der Waals surface area (Å²) in [4.78, 5) is 17.3. The van der Waals surface area contributed by atoms with Gasteiger partial charge in [0, 0.05) is 23.5 Å². The summed E-state index contributed by atoms with van der Waals surface area (Å²) in [5.74, 6) is 1.19. The molecule has 4 heterocycles. The summed E-state index contributed by atoms with van der Waals surface area (Å²) in [5.41, 5.74) is 1.78. The molecule has 13 heteroatoms. The molecule has 182 valence electrons. The van der Waals surface area contributed by atoms with Gasteiger partial charge in [-0.05, 0) is 48.5 Å². The fraction of sp³-hybridized carbons (Fsp3) is 0.130. The molecule has 2 aromatic carbocycles. The van der Waals surface area contributed by atoms with Gasteiger partial charge in [-0.1, -0.05) is 5.16 Å². The Kier molecular flexibility index (Phi) is 4.91. The Labute approximate surface area is 199 Å². The molecule has 1 aliphatic heterocycles. The van der Waals surface area contributed by atoms with Gasteiger partial charge >= 0.3 is 6.36 Å². The molecule has 0 radical (unpaired) electrons. The van der Waals surface area contributed by atoms with Gasteiger partial charge in [0.25, 0.3) is 5.56 Å². The van der Waals surface area contributed by atoms with Crippen molar-refractivity contribution in [1.82, 2.24) is 24.3 Å². The Morgan fingerprint density at radius 2 is 1.75 bits per heavy atom. The van der Waals surface area contributed by atoms with Crippen LogP contribution in [0, 0.1) is 0 Å². The molecule has 0 atom stereocenters. The summed E-state index contributed by atoms with van der Waals surface area (Å²) in [6.45, 7) is 0.145. The van der Waals surface area contributed by atoms with Crippen LogP contribution in [0.3, 0.4) is 0 Å². The van der Waals surface area contributed by atoms with Crippen molar-refractivity contribution in [1.29, 1.82) is 0 Å². The van der Waals surface area contributed by atoms with Crippen LogP contribution in [0.2, 0.25) is 0 Å². The number of hydrogen-bond donors (Lipinski definition) is 0. The van der Waals surface area contributed by atoms with E-state index in [0.29, 0.717) is 28.3 Å². The maximum atomic E-state index is 13.1. The van der Waals surface area contributed by atoms with Crippen LogP contribution >= 0.6 is 0 Å². The van der Waals surface area contributed by atoms with Gasteiger partial charge in [-0.15, -0.1) is 13.2 Å². The van der Waals surface area contributed by atoms with Crippen LogP contribution in [0.15, 0.2) is 70.2 Å². The van der Waals surface area contributed by atoms with Gasteiger partial charge in [0.05, 0.1) is 5.69 Å². The van der Waals surface area contributed by atoms with E-state index in [1.54, 1.807) is 30.6 Å². The Bertz CT molecular complexity index is 1640. The molecule has 0 amide bonds. The smallest absolute Gasteiger partial charge is 0.454 e. The molecule has 36 heavy (non-hydrogen) atoms. The Morgan fingerprint density at radius 3 is 2.56 bits per heavy atom. The highest BCUT2D eigenvalue weighted by Crippen LogP contribution is 2.35. The van der Waals surface area contributed by atoms with E-state index in [4.69, 9.17) is 14.0 Å². The summed E-state index contributed by atoms with van der Waals surface area (Å²) in [6.07, 6.45) is -1.61.